The highest BCUT2D eigenvalue weighted by atomic mass is 79.9. The van der Waals surface area contributed by atoms with Gasteiger partial charge in [0.1, 0.15) is 5.15 Å². The Labute approximate surface area is 104 Å². The lowest BCUT2D eigenvalue weighted by Crippen LogP contribution is -1.83. The second-order valence-corrected chi connectivity index (χ2v) is 4.69. The van der Waals surface area contributed by atoms with Crippen LogP contribution < -0.4 is 0 Å². The summed E-state index contributed by atoms with van der Waals surface area (Å²) in [5.41, 5.74) is 0.618. The molecule has 0 spiro atoms. The van der Waals surface area contributed by atoms with Crippen LogP contribution in [-0.4, -0.2) is 4.98 Å². The van der Waals surface area contributed by atoms with E-state index in [0.29, 0.717) is 20.7 Å². The van der Waals surface area contributed by atoms with Crippen LogP contribution in [0.15, 0.2) is 22.7 Å². The molecule has 0 aliphatic heterocycles. The third-order valence-corrected chi connectivity index (χ3v) is 3.71. The number of rotatable bonds is 0. The maximum absolute atomic E-state index is 6.02. The van der Waals surface area contributed by atoms with E-state index in [1.54, 1.807) is 6.07 Å². The van der Waals surface area contributed by atoms with E-state index >= 15 is 0 Å². The summed E-state index contributed by atoms with van der Waals surface area (Å²) < 4.78 is 0.751. The second-order valence-electron chi connectivity index (χ2n) is 2.69. The summed E-state index contributed by atoms with van der Waals surface area (Å²) in [6.07, 6.45) is 0. The second kappa shape index (κ2) is 3.86. The van der Waals surface area contributed by atoms with Crippen molar-refractivity contribution < 1.29 is 0 Å². The first-order valence-electron chi connectivity index (χ1n) is 3.69. The monoisotopic (exact) mass is 309 g/mol. The lowest BCUT2D eigenvalue weighted by Gasteiger charge is -2.04. The zero-order valence-electron chi connectivity index (χ0n) is 6.69. The van der Waals surface area contributed by atoms with Crippen LogP contribution in [0.3, 0.4) is 0 Å². The highest BCUT2D eigenvalue weighted by Crippen LogP contribution is 2.36. The molecule has 1 aromatic carbocycles. The van der Waals surface area contributed by atoms with Crippen LogP contribution in [0, 0.1) is 0 Å². The highest BCUT2D eigenvalue weighted by molar-refractivity contribution is 9.10. The molecule has 0 fully saturated rings. The van der Waals surface area contributed by atoms with E-state index in [1.807, 2.05) is 12.1 Å². The van der Waals surface area contributed by atoms with E-state index in [4.69, 9.17) is 34.8 Å². The zero-order valence-corrected chi connectivity index (χ0v) is 10.5. The van der Waals surface area contributed by atoms with Gasteiger partial charge in [-0.3, -0.25) is 0 Å². The molecule has 0 saturated carbocycles. The molecule has 14 heavy (non-hydrogen) atoms. The van der Waals surface area contributed by atoms with Crippen molar-refractivity contribution in [1.29, 1.82) is 0 Å². The molecule has 0 radical (unpaired) electrons. The molecule has 0 bridgehead atoms. The van der Waals surface area contributed by atoms with Crippen molar-refractivity contribution in [2.45, 2.75) is 0 Å². The lowest BCUT2D eigenvalue weighted by atomic mass is 10.2. The van der Waals surface area contributed by atoms with Crippen molar-refractivity contribution in [1.82, 2.24) is 4.98 Å². The third kappa shape index (κ3) is 1.72. The van der Waals surface area contributed by atoms with Crippen LogP contribution in [-0.2, 0) is 0 Å². The van der Waals surface area contributed by atoms with Crippen LogP contribution in [0.25, 0.3) is 10.9 Å². The molecule has 5 heteroatoms. The van der Waals surface area contributed by atoms with Gasteiger partial charge in [0.2, 0.25) is 0 Å². The van der Waals surface area contributed by atoms with Gasteiger partial charge in [-0.15, -0.1) is 0 Å². The maximum Gasteiger partial charge on any atom is 0.129 e. The first kappa shape index (κ1) is 10.5. The maximum atomic E-state index is 6.02. The fourth-order valence-corrected chi connectivity index (χ4v) is 2.25. The molecule has 0 atom stereocenters. The molecule has 72 valence electrons. The van der Waals surface area contributed by atoms with Gasteiger partial charge in [0.05, 0.1) is 15.6 Å². The van der Waals surface area contributed by atoms with Crippen LogP contribution in [0.5, 0.6) is 0 Å². The number of halogens is 4. The Kier molecular flexibility index (Phi) is 2.89. The van der Waals surface area contributed by atoms with Gasteiger partial charge in [-0.2, -0.15) is 0 Å². The fourth-order valence-electron chi connectivity index (χ4n) is 1.15. The average molecular weight is 311 g/mol. The van der Waals surface area contributed by atoms with Crippen molar-refractivity contribution in [2.24, 2.45) is 0 Å². The number of pyridine rings is 1. The number of fused-ring (bicyclic) bond motifs is 1. The minimum absolute atomic E-state index is 0.401. The smallest absolute Gasteiger partial charge is 0.129 e. The van der Waals surface area contributed by atoms with E-state index in [2.05, 4.69) is 20.9 Å². The van der Waals surface area contributed by atoms with Crippen molar-refractivity contribution in [3.63, 3.8) is 0 Å². The summed E-state index contributed by atoms with van der Waals surface area (Å²) in [4.78, 5) is 4.11. The van der Waals surface area contributed by atoms with Crippen molar-refractivity contribution in [3.8, 4) is 0 Å². The highest BCUT2D eigenvalue weighted by Gasteiger charge is 2.09. The van der Waals surface area contributed by atoms with Crippen molar-refractivity contribution in [2.75, 3.05) is 0 Å². The Morgan fingerprint density at radius 3 is 2.50 bits per heavy atom. The van der Waals surface area contributed by atoms with Gasteiger partial charge in [0.25, 0.3) is 0 Å². The molecule has 0 aliphatic carbocycles. The Balaban J connectivity index is 2.92. The van der Waals surface area contributed by atoms with Crippen LogP contribution in [0.1, 0.15) is 0 Å². The van der Waals surface area contributed by atoms with Gasteiger partial charge in [-0.25, -0.2) is 4.98 Å². The van der Waals surface area contributed by atoms with Gasteiger partial charge in [0, 0.05) is 9.86 Å². The first-order chi connectivity index (χ1) is 6.59. The molecule has 0 aliphatic rings. The summed E-state index contributed by atoms with van der Waals surface area (Å²) in [6, 6.07) is 5.41. The molecular formula is C9H3BrCl3N. The van der Waals surface area contributed by atoms with E-state index in [1.165, 1.54) is 0 Å². The number of aromatic nitrogens is 1. The van der Waals surface area contributed by atoms with Crippen molar-refractivity contribution >= 4 is 61.6 Å². The Morgan fingerprint density at radius 1 is 1.07 bits per heavy atom. The number of benzene rings is 1. The topological polar surface area (TPSA) is 12.9 Å². The third-order valence-electron chi connectivity index (χ3n) is 1.78. The Bertz CT molecular complexity index is 513. The largest absolute Gasteiger partial charge is 0.234 e. The quantitative estimate of drug-likeness (QED) is 0.495. The Hall–Kier alpha value is -0.0200. The number of nitrogens with zero attached hydrogens (tertiary/aromatic N) is 1. The standard InChI is InChI=1S/C9H3BrCl3N/c10-5-3-4-1-2-6(11)14-9(4)8(13)7(5)12/h1-3H. The summed E-state index contributed by atoms with van der Waals surface area (Å²) in [7, 11) is 0. The summed E-state index contributed by atoms with van der Waals surface area (Å²) in [5.74, 6) is 0. The van der Waals surface area contributed by atoms with E-state index in [0.717, 1.165) is 9.86 Å². The molecule has 2 aromatic rings. The minimum atomic E-state index is 0.401. The number of hydrogen-bond donors (Lipinski definition) is 0. The molecule has 2 rings (SSSR count). The van der Waals surface area contributed by atoms with Crippen LogP contribution in [0.2, 0.25) is 15.2 Å². The fraction of sp³-hybridized carbons (Fsp3) is 0. The number of hydrogen-bond acceptors (Lipinski definition) is 1. The van der Waals surface area contributed by atoms with E-state index in [-0.39, 0.29) is 0 Å². The molecule has 0 amide bonds. The molecule has 0 N–H and O–H groups in total. The van der Waals surface area contributed by atoms with E-state index < -0.39 is 0 Å². The molecule has 1 nitrogen and oxygen atoms in total. The van der Waals surface area contributed by atoms with Gasteiger partial charge in [-0.1, -0.05) is 34.8 Å². The van der Waals surface area contributed by atoms with Crippen LogP contribution in [0.4, 0.5) is 0 Å². The van der Waals surface area contributed by atoms with Gasteiger partial charge < -0.3 is 0 Å². The average Bonchev–Trinajstić information content (AvgIpc) is 2.16. The molecule has 1 aromatic heterocycles. The SMILES string of the molecule is Clc1ccc2cc(Br)c(Cl)c(Cl)c2n1. The van der Waals surface area contributed by atoms with Gasteiger partial charge in [-0.05, 0) is 34.1 Å². The minimum Gasteiger partial charge on any atom is -0.234 e. The summed E-state index contributed by atoms with van der Waals surface area (Å²) >= 11 is 21.0. The molecule has 1 heterocycles. The molecule has 0 saturated heterocycles. The predicted octanol–water partition coefficient (Wildman–Crippen LogP) is 4.96. The van der Waals surface area contributed by atoms with Crippen LogP contribution >= 0.6 is 50.7 Å². The lowest BCUT2D eigenvalue weighted by molar-refractivity contribution is 1.41. The normalized spacial score (nSPS) is 10.9. The predicted molar refractivity (Wildman–Crippen MR) is 64.5 cm³/mol. The van der Waals surface area contributed by atoms with E-state index in [9.17, 15) is 0 Å². The zero-order chi connectivity index (χ0) is 10.3. The van der Waals surface area contributed by atoms with Gasteiger partial charge in [0.15, 0.2) is 0 Å². The first-order valence-corrected chi connectivity index (χ1v) is 5.62. The van der Waals surface area contributed by atoms with Gasteiger partial charge >= 0.3 is 0 Å². The van der Waals surface area contributed by atoms with Crippen molar-refractivity contribution in [3.05, 3.63) is 37.9 Å². The molecule has 0 unspecified atom stereocenters. The summed E-state index contributed by atoms with van der Waals surface area (Å²) in [6.45, 7) is 0. The molecular weight excluding hydrogens is 308 g/mol. The summed E-state index contributed by atoms with van der Waals surface area (Å²) in [5, 5.41) is 2.17. The Morgan fingerprint density at radius 2 is 1.79 bits per heavy atom.